The molecule has 1 aromatic carbocycles. The van der Waals surface area contributed by atoms with E-state index in [1.807, 2.05) is 0 Å². The van der Waals surface area contributed by atoms with Gasteiger partial charge in [0.25, 0.3) is 0 Å². The van der Waals surface area contributed by atoms with Crippen molar-refractivity contribution in [1.82, 2.24) is 5.10 Å². The standard InChI is InChI=1S/C11H9F3N2O3S/c12-11(13,14)9-3-1-2-8-4-5-16(15-10(8)9)6-7-20(17,18)19/h1-5H,6-7H2. The van der Waals surface area contributed by atoms with Gasteiger partial charge in [0.1, 0.15) is 15.6 Å². The summed E-state index contributed by atoms with van der Waals surface area (Å²) in [6.45, 7) is -0.298. The molecule has 0 aliphatic heterocycles. The maximum atomic E-state index is 12.8. The summed E-state index contributed by atoms with van der Waals surface area (Å²) in [5.41, 5.74) is -1.19. The number of rotatable bonds is 3. The summed E-state index contributed by atoms with van der Waals surface area (Å²) in [6.07, 6.45) is -3.23. The SMILES string of the molecule is O=S(=O)([O-])CC[n+]1ccc2cccc(C(F)(F)F)c2n1. The summed E-state index contributed by atoms with van der Waals surface area (Å²) in [5.74, 6) is -0.732. The molecule has 20 heavy (non-hydrogen) atoms. The van der Waals surface area contributed by atoms with Gasteiger partial charge >= 0.3 is 6.18 Å². The van der Waals surface area contributed by atoms with E-state index in [0.717, 1.165) is 10.7 Å². The smallest absolute Gasteiger partial charge is 0.418 e. The molecule has 108 valence electrons. The number of nitrogens with zero attached hydrogens (tertiary/aromatic N) is 2. The van der Waals surface area contributed by atoms with Gasteiger partial charge in [0.05, 0.1) is 11.3 Å². The third-order valence-electron chi connectivity index (χ3n) is 2.60. The number of aromatic nitrogens is 2. The van der Waals surface area contributed by atoms with Crippen LogP contribution in [0.2, 0.25) is 0 Å². The van der Waals surface area contributed by atoms with Gasteiger partial charge in [-0.05, 0) is 6.07 Å². The van der Waals surface area contributed by atoms with E-state index in [1.54, 1.807) is 0 Å². The van der Waals surface area contributed by atoms with Crippen LogP contribution in [-0.4, -0.2) is 23.8 Å². The van der Waals surface area contributed by atoms with Crippen molar-refractivity contribution in [3.63, 3.8) is 0 Å². The molecule has 1 aromatic heterocycles. The second kappa shape index (κ2) is 4.98. The highest BCUT2D eigenvalue weighted by Gasteiger charge is 2.34. The zero-order valence-corrected chi connectivity index (χ0v) is 10.8. The normalized spacial score (nSPS) is 12.8. The fourth-order valence-corrected chi connectivity index (χ4v) is 2.10. The van der Waals surface area contributed by atoms with E-state index in [0.29, 0.717) is 0 Å². The van der Waals surface area contributed by atoms with Gasteiger partial charge in [0, 0.05) is 16.6 Å². The Balaban J connectivity index is 2.47. The molecule has 0 unspecified atom stereocenters. The predicted molar refractivity (Wildman–Crippen MR) is 61.5 cm³/mol. The molecule has 0 spiro atoms. The van der Waals surface area contributed by atoms with Crippen LogP contribution in [0.5, 0.6) is 0 Å². The number of aryl methyl sites for hydroxylation is 1. The second-order valence-corrected chi connectivity index (χ2v) is 5.61. The summed E-state index contributed by atoms with van der Waals surface area (Å²) < 4.78 is 71.0. The number of hydrogen-bond acceptors (Lipinski definition) is 4. The lowest BCUT2D eigenvalue weighted by Crippen LogP contribution is -2.40. The summed E-state index contributed by atoms with van der Waals surface area (Å²) in [4.78, 5) is 0. The molecule has 0 atom stereocenters. The highest BCUT2D eigenvalue weighted by molar-refractivity contribution is 7.85. The first-order chi connectivity index (χ1) is 9.17. The minimum absolute atomic E-state index is 0.279. The Kier molecular flexibility index (Phi) is 3.65. The molecule has 0 bridgehead atoms. The number of alkyl halides is 3. The Bertz CT molecular complexity index is 744. The van der Waals surface area contributed by atoms with Crippen molar-refractivity contribution in [3.8, 4) is 0 Å². The lowest BCUT2D eigenvalue weighted by atomic mass is 10.1. The average molecular weight is 306 g/mol. The molecule has 0 aliphatic carbocycles. The van der Waals surface area contributed by atoms with E-state index in [1.165, 1.54) is 24.4 Å². The van der Waals surface area contributed by atoms with Crippen molar-refractivity contribution in [1.29, 1.82) is 0 Å². The lowest BCUT2D eigenvalue weighted by molar-refractivity contribution is -0.747. The highest BCUT2D eigenvalue weighted by atomic mass is 32.2. The van der Waals surface area contributed by atoms with Crippen LogP contribution in [0, 0.1) is 0 Å². The maximum absolute atomic E-state index is 12.8. The molecule has 2 rings (SSSR count). The molecule has 0 N–H and O–H groups in total. The van der Waals surface area contributed by atoms with E-state index < -0.39 is 27.6 Å². The van der Waals surface area contributed by atoms with Gasteiger partial charge in [-0.1, -0.05) is 16.8 Å². The zero-order valence-electron chi connectivity index (χ0n) is 9.96. The van der Waals surface area contributed by atoms with Gasteiger partial charge in [-0.3, -0.25) is 0 Å². The Morgan fingerprint density at radius 1 is 1.25 bits per heavy atom. The van der Waals surface area contributed by atoms with Crippen molar-refractivity contribution < 1.29 is 30.8 Å². The van der Waals surface area contributed by atoms with E-state index in [4.69, 9.17) is 0 Å². The van der Waals surface area contributed by atoms with Crippen molar-refractivity contribution in [2.75, 3.05) is 5.75 Å². The topological polar surface area (TPSA) is 74.0 Å². The molecule has 0 saturated carbocycles. The minimum atomic E-state index is -4.56. The summed E-state index contributed by atoms with van der Waals surface area (Å²) >= 11 is 0. The first kappa shape index (κ1) is 14.7. The van der Waals surface area contributed by atoms with Crippen LogP contribution in [0.3, 0.4) is 0 Å². The Hall–Kier alpha value is -1.74. The van der Waals surface area contributed by atoms with Crippen LogP contribution in [0.4, 0.5) is 13.2 Å². The number of fused-ring (bicyclic) bond motifs is 1. The second-order valence-electron chi connectivity index (χ2n) is 4.08. The van der Waals surface area contributed by atoms with Crippen molar-refractivity contribution in [2.24, 2.45) is 0 Å². The van der Waals surface area contributed by atoms with E-state index >= 15 is 0 Å². The fourth-order valence-electron chi connectivity index (χ4n) is 1.69. The largest absolute Gasteiger partial charge is 0.748 e. The molecule has 0 fully saturated rings. The third-order valence-corrected chi connectivity index (χ3v) is 3.28. The molecule has 9 heteroatoms. The first-order valence-electron chi connectivity index (χ1n) is 5.47. The summed E-state index contributed by atoms with van der Waals surface area (Å²) in [7, 11) is -4.45. The fraction of sp³-hybridized carbons (Fsp3) is 0.273. The van der Waals surface area contributed by atoms with Gasteiger partial charge in [-0.2, -0.15) is 13.2 Å². The lowest BCUT2D eigenvalue weighted by Gasteiger charge is -2.08. The Labute approximate surface area is 112 Å². The van der Waals surface area contributed by atoms with Crippen molar-refractivity contribution >= 4 is 21.0 Å². The van der Waals surface area contributed by atoms with E-state index in [9.17, 15) is 26.1 Å². The molecule has 0 aliphatic rings. The molecule has 1 heterocycles. The molecule has 2 aromatic rings. The van der Waals surface area contributed by atoms with Crippen LogP contribution in [0.1, 0.15) is 5.56 Å². The molecule has 5 nitrogen and oxygen atoms in total. The van der Waals surface area contributed by atoms with Gasteiger partial charge in [-0.25, -0.2) is 8.42 Å². The number of halogens is 3. The quantitative estimate of drug-likeness (QED) is 0.628. The van der Waals surface area contributed by atoms with Crippen LogP contribution in [0.15, 0.2) is 30.5 Å². The maximum Gasteiger partial charge on any atom is 0.418 e. The third kappa shape index (κ3) is 3.42. The van der Waals surface area contributed by atoms with Gasteiger partial charge < -0.3 is 4.55 Å². The number of hydrogen-bond donors (Lipinski definition) is 0. The molecular weight excluding hydrogens is 297 g/mol. The van der Waals surface area contributed by atoms with Crippen LogP contribution in [0.25, 0.3) is 10.9 Å². The highest BCUT2D eigenvalue weighted by Crippen LogP contribution is 2.33. The zero-order chi connectivity index (χ0) is 15.0. The van der Waals surface area contributed by atoms with E-state index in [-0.39, 0.29) is 17.4 Å². The Morgan fingerprint density at radius 2 is 1.95 bits per heavy atom. The molecule has 0 saturated heterocycles. The van der Waals surface area contributed by atoms with Crippen LogP contribution in [-0.2, 0) is 22.8 Å². The van der Waals surface area contributed by atoms with Crippen LogP contribution >= 0.6 is 0 Å². The van der Waals surface area contributed by atoms with Gasteiger partial charge in [0.15, 0.2) is 12.7 Å². The molecule has 0 amide bonds. The number of benzene rings is 1. The monoisotopic (exact) mass is 306 g/mol. The minimum Gasteiger partial charge on any atom is -0.748 e. The predicted octanol–water partition coefficient (Wildman–Crippen LogP) is 1.09. The van der Waals surface area contributed by atoms with Gasteiger partial charge in [-0.15, -0.1) is 0 Å². The first-order valence-corrected chi connectivity index (χ1v) is 7.05. The van der Waals surface area contributed by atoms with Crippen molar-refractivity contribution in [2.45, 2.75) is 12.7 Å². The van der Waals surface area contributed by atoms with Crippen LogP contribution < -0.4 is 4.68 Å². The summed E-state index contributed by atoms with van der Waals surface area (Å²) in [5, 5.41) is 4.02. The van der Waals surface area contributed by atoms with E-state index in [2.05, 4.69) is 5.10 Å². The summed E-state index contributed by atoms with van der Waals surface area (Å²) in [6, 6.07) is 5.00. The Morgan fingerprint density at radius 3 is 2.55 bits per heavy atom. The van der Waals surface area contributed by atoms with Gasteiger partial charge in [0.2, 0.25) is 0 Å². The molecular formula is C11H9F3N2O3S. The average Bonchev–Trinajstić information content (AvgIpc) is 2.33. The molecule has 0 radical (unpaired) electrons. The van der Waals surface area contributed by atoms with Crippen molar-refractivity contribution in [3.05, 3.63) is 36.0 Å².